The molecule has 0 aromatic rings. The Balaban J connectivity index is 3.08. The summed E-state index contributed by atoms with van der Waals surface area (Å²) in [4.78, 5) is 4.44. The van der Waals surface area contributed by atoms with Crippen LogP contribution in [0.2, 0.25) is 0 Å². The molecule has 1 unspecified atom stereocenters. The summed E-state index contributed by atoms with van der Waals surface area (Å²) in [6.07, 6.45) is 3.14. The van der Waals surface area contributed by atoms with Crippen LogP contribution in [0.25, 0.3) is 0 Å². The van der Waals surface area contributed by atoms with E-state index < -0.39 is 0 Å². The van der Waals surface area contributed by atoms with Crippen LogP contribution in [0, 0.1) is 5.92 Å². The summed E-state index contributed by atoms with van der Waals surface area (Å²) in [7, 11) is 1.69. The van der Waals surface area contributed by atoms with E-state index in [-0.39, 0.29) is 0 Å². The zero-order valence-corrected chi connectivity index (χ0v) is 9.72. The van der Waals surface area contributed by atoms with E-state index in [9.17, 15) is 0 Å². The molecule has 14 heavy (non-hydrogen) atoms. The third-order valence-electron chi connectivity index (χ3n) is 2.63. The third kappa shape index (κ3) is 2.47. The van der Waals surface area contributed by atoms with E-state index >= 15 is 0 Å². The summed E-state index contributed by atoms with van der Waals surface area (Å²) in [6.45, 7) is 8.47. The Morgan fingerprint density at radius 2 is 2.00 bits per heavy atom. The van der Waals surface area contributed by atoms with Gasteiger partial charge in [-0.2, -0.15) is 0 Å². The van der Waals surface area contributed by atoms with Crippen molar-refractivity contribution in [1.29, 1.82) is 0 Å². The lowest BCUT2D eigenvalue weighted by Gasteiger charge is -2.17. The fourth-order valence-corrected chi connectivity index (χ4v) is 1.71. The van der Waals surface area contributed by atoms with Gasteiger partial charge in [0, 0.05) is 11.6 Å². The maximum Gasteiger partial charge on any atom is 0.191 e. The van der Waals surface area contributed by atoms with E-state index in [4.69, 9.17) is 4.74 Å². The SMILES string of the molecule is COC1=NC(C)=CC(C)=C(C)CC1C. The van der Waals surface area contributed by atoms with Gasteiger partial charge in [0.15, 0.2) is 5.90 Å². The molecule has 1 atom stereocenters. The average molecular weight is 193 g/mol. The second-order valence-corrected chi connectivity index (χ2v) is 4.01. The van der Waals surface area contributed by atoms with Gasteiger partial charge in [0.1, 0.15) is 0 Å². The standard InChI is InChI=1S/C12H19NO/c1-8-6-10(3)12(14-5)13-11(4)7-9(8)2/h7,10H,6H2,1-5H3. The largest absolute Gasteiger partial charge is 0.484 e. The van der Waals surface area contributed by atoms with Crippen LogP contribution in [0.5, 0.6) is 0 Å². The lowest BCUT2D eigenvalue weighted by molar-refractivity contribution is 0.368. The molecule has 0 amide bonds. The minimum absolute atomic E-state index is 0.374. The lowest BCUT2D eigenvalue weighted by atomic mass is 9.97. The molecule has 0 aromatic heterocycles. The van der Waals surface area contributed by atoms with Gasteiger partial charge in [-0.1, -0.05) is 18.1 Å². The Kier molecular flexibility index (Phi) is 3.50. The van der Waals surface area contributed by atoms with E-state index in [2.05, 4.69) is 31.8 Å². The van der Waals surface area contributed by atoms with E-state index in [0.717, 1.165) is 18.0 Å². The van der Waals surface area contributed by atoms with Crippen LogP contribution in [-0.2, 0) is 4.74 Å². The van der Waals surface area contributed by atoms with Crippen LogP contribution in [-0.4, -0.2) is 13.0 Å². The van der Waals surface area contributed by atoms with Crippen LogP contribution in [0.4, 0.5) is 0 Å². The van der Waals surface area contributed by atoms with Gasteiger partial charge in [0.2, 0.25) is 0 Å². The van der Waals surface area contributed by atoms with E-state index in [1.807, 2.05) is 6.92 Å². The van der Waals surface area contributed by atoms with Gasteiger partial charge in [-0.3, -0.25) is 0 Å². The molecule has 1 heterocycles. The molecule has 1 aliphatic rings. The summed E-state index contributed by atoms with van der Waals surface area (Å²) < 4.78 is 5.28. The Morgan fingerprint density at radius 1 is 1.36 bits per heavy atom. The van der Waals surface area contributed by atoms with Crippen molar-refractivity contribution in [3.05, 3.63) is 22.9 Å². The van der Waals surface area contributed by atoms with Gasteiger partial charge >= 0.3 is 0 Å². The average Bonchev–Trinajstić information content (AvgIpc) is 2.12. The smallest absolute Gasteiger partial charge is 0.191 e. The van der Waals surface area contributed by atoms with Crippen LogP contribution < -0.4 is 0 Å². The molecule has 0 N–H and O–H groups in total. The van der Waals surface area contributed by atoms with Crippen LogP contribution in [0.15, 0.2) is 27.9 Å². The number of methoxy groups -OCH3 is 1. The highest BCUT2D eigenvalue weighted by Gasteiger charge is 2.14. The molecule has 78 valence electrons. The molecule has 0 aromatic carbocycles. The van der Waals surface area contributed by atoms with Crippen molar-refractivity contribution < 1.29 is 4.74 Å². The molecular weight excluding hydrogens is 174 g/mol. The van der Waals surface area contributed by atoms with Gasteiger partial charge in [0.25, 0.3) is 0 Å². The number of allylic oxidation sites excluding steroid dienone is 4. The van der Waals surface area contributed by atoms with Crippen LogP contribution in [0.3, 0.4) is 0 Å². The molecule has 2 nitrogen and oxygen atoms in total. The van der Waals surface area contributed by atoms with Crippen molar-refractivity contribution in [2.75, 3.05) is 7.11 Å². The number of rotatable bonds is 0. The van der Waals surface area contributed by atoms with Gasteiger partial charge in [-0.25, -0.2) is 4.99 Å². The first-order chi connectivity index (χ1) is 6.54. The minimum atomic E-state index is 0.374. The summed E-state index contributed by atoms with van der Waals surface area (Å²) in [5.41, 5.74) is 3.76. The molecule has 0 bridgehead atoms. The van der Waals surface area contributed by atoms with Crippen LogP contribution in [0.1, 0.15) is 34.1 Å². The summed E-state index contributed by atoms with van der Waals surface area (Å²) >= 11 is 0. The quantitative estimate of drug-likeness (QED) is 0.578. The molecule has 0 saturated heterocycles. The van der Waals surface area contributed by atoms with E-state index in [1.165, 1.54) is 11.1 Å². The Bertz CT molecular complexity index is 310. The number of hydrogen-bond donors (Lipinski definition) is 0. The fourth-order valence-electron chi connectivity index (χ4n) is 1.71. The maximum absolute atomic E-state index is 5.28. The first-order valence-electron chi connectivity index (χ1n) is 5.01. The van der Waals surface area contributed by atoms with E-state index in [0.29, 0.717) is 5.92 Å². The normalized spacial score (nSPS) is 23.6. The number of aliphatic imine (C=N–C) groups is 1. The van der Waals surface area contributed by atoms with Gasteiger partial charge in [0.05, 0.1) is 7.11 Å². The second-order valence-electron chi connectivity index (χ2n) is 4.01. The molecule has 0 radical (unpaired) electrons. The molecule has 1 aliphatic heterocycles. The van der Waals surface area contributed by atoms with Crippen molar-refractivity contribution >= 4 is 5.90 Å². The summed E-state index contributed by atoms with van der Waals surface area (Å²) in [5.74, 6) is 1.21. The fraction of sp³-hybridized carbons (Fsp3) is 0.583. The minimum Gasteiger partial charge on any atom is -0.484 e. The summed E-state index contributed by atoms with van der Waals surface area (Å²) in [6, 6.07) is 0. The topological polar surface area (TPSA) is 21.6 Å². The second kappa shape index (κ2) is 4.45. The molecule has 1 rings (SSSR count). The Morgan fingerprint density at radius 3 is 2.57 bits per heavy atom. The van der Waals surface area contributed by atoms with E-state index in [1.54, 1.807) is 7.11 Å². The van der Waals surface area contributed by atoms with Crippen molar-refractivity contribution in [3.63, 3.8) is 0 Å². The molecule has 2 heteroatoms. The van der Waals surface area contributed by atoms with Crippen molar-refractivity contribution in [1.82, 2.24) is 0 Å². The van der Waals surface area contributed by atoms with Crippen molar-refractivity contribution in [3.8, 4) is 0 Å². The molecule has 0 fully saturated rings. The van der Waals surface area contributed by atoms with Gasteiger partial charge in [-0.15, -0.1) is 0 Å². The highest BCUT2D eigenvalue weighted by molar-refractivity contribution is 5.80. The molecular formula is C12H19NO. The highest BCUT2D eigenvalue weighted by atomic mass is 16.5. The summed E-state index contributed by atoms with van der Waals surface area (Å²) in [5, 5.41) is 0. The predicted octanol–water partition coefficient (Wildman–Crippen LogP) is 3.31. The van der Waals surface area contributed by atoms with Gasteiger partial charge < -0.3 is 4.74 Å². The van der Waals surface area contributed by atoms with Crippen molar-refractivity contribution in [2.45, 2.75) is 34.1 Å². The third-order valence-corrected chi connectivity index (χ3v) is 2.63. The first-order valence-corrected chi connectivity index (χ1v) is 5.01. The Hall–Kier alpha value is -1.05. The molecule has 0 saturated carbocycles. The first kappa shape index (κ1) is 11.0. The predicted molar refractivity (Wildman–Crippen MR) is 60.4 cm³/mol. The Labute approximate surface area is 86.4 Å². The number of hydrogen-bond acceptors (Lipinski definition) is 2. The molecule has 0 spiro atoms. The number of ether oxygens (including phenoxy) is 1. The van der Waals surface area contributed by atoms with Crippen molar-refractivity contribution in [2.24, 2.45) is 10.9 Å². The molecule has 0 aliphatic carbocycles. The number of nitrogens with zero attached hydrogens (tertiary/aromatic N) is 1. The van der Waals surface area contributed by atoms with Gasteiger partial charge in [-0.05, 0) is 33.3 Å². The highest BCUT2D eigenvalue weighted by Crippen LogP contribution is 2.21. The lowest BCUT2D eigenvalue weighted by Crippen LogP contribution is -2.15. The monoisotopic (exact) mass is 193 g/mol. The maximum atomic E-state index is 5.28. The zero-order valence-electron chi connectivity index (χ0n) is 9.72. The zero-order chi connectivity index (χ0) is 10.7. The van der Waals surface area contributed by atoms with Crippen LogP contribution >= 0.6 is 0 Å².